The number of aliphatic carboxylic acids is 1. The van der Waals surface area contributed by atoms with Crippen molar-refractivity contribution in [2.75, 3.05) is 13.2 Å². The quantitative estimate of drug-likeness (QED) is 0.858. The molecule has 5 nitrogen and oxygen atoms in total. The lowest BCUT2D eigenvalue weighted by Gasteiger charge is -2.23. The number of ether oxygens (including phenoxy) is 2. The molecule has 2 rings (SSSR count). The molecule has 19 heavy (non-hydrogen) atoms. The lowest BCUT2D eigenvalue weighted by molar-refractivity contribution is -0.141. The van der Waals surface area contributed by atoms with Crippen LogP contribution in [0.25, 0.3) is 0 Å². The molecule has 0 fully saturated rings. The number of hydrogen-bond donors (Lipinski definition) is 1. The Kier molecular flexibility index (Phi) is 4.09. The first-order valence-electron chi connectivity index (χ1n) is 5.83. The number of carboxylic acids is 1. The molecule has 0 aliphatic carbocycles. The number of carbonyl (C=O) groups is 2. The number of aldehydes is 1. The molecule has 1 atom stereocenters. The van der Waals surface area contributed by atoms with Crippen LogP contribution in [0.4, 0.5) is 0 Å². The van der Waals surface area contributed by atoms with Crippen LogP contribution in [0.5, 0.6) is 11.5 Å². The summed E-state index contributed by atoms with van der Waals surface area (Å²) >= 11 is 3.30. The van der Waals surface area contributed by atoms with Crippen molar-refractivity contribution in [3.05, 3.63) is 21.7 Å². The molecule has 1 aliphatic heterocycles. The second-order valence-electron chi connectivity index (χ2n) is 4.35. The predicted octanol–water partition coefficient (Wildman–Crippen LogP) is 2.30. The first-order chi connectivity index (χ1) is 9.04. The molecule has 1 N–H and O–H groups in total. The zero-order chi connectivity index (χ0) is 14.0. The number of carboxylic acid groups (broad SMARTS) is 1. The van der Waals surface area contributed by atoms with Gasteiger partial charge in [0.25, 0.3) is 0 Å². The molecular formula is C13H13BrO5. The minimum absolute atomic E-state index is 0.318. The molecule has 0 saturated carbocycles. The number of halogens is 1. The highest BCUT2D eigenvalue weighted by Gasteiger charge is 2.24. The van der Waals surface area contributed by atoms with Gasteiger partial charge in [0.15, 0.2) is 17.8 Å². The van der Waals surface area contributed by atoms with E-state index >= 15 is 0 Å². The Balaban J connectivity index is 2.47. The van der Waals surface area contributed by atoms with Gasteiger partial charge in [-0.05, 0) is 28.4 Å². The highest BCUT2D eigenvalue weighted by molar-refractivity contribution is 9.10. The van der Waals surface area contributed by atoms with Crippen molar-refractivity contribution < 1.29 is 24.2 Å². The van der Waals surface area contributed by atoms with Crippen molar-refractivity contribution in [2.45, 2.75) is 13.3 Å². The van der Waals surface area contributed by atoms with Gasteiger partial charge in [0.2, 0.25) is 0 Å². The first-order valence-corrected chi connectivity index (χ1v) is 6.62. The van der Waals surface area contributed by atoms with Crippen molar-refractivity contribution in [1.29, 1.82) is 0 Å². The van der Waals surface area contributed by atoms with E-state index in [0.29, 0.717) is 47.5 Å². The highest BCUT2D eigenvalue weighted by Crippen LogP contribution is 2.41. The summed E-state index contributed by atoms with van der Waals surface area (Å²) in [6.07, 6.45) is 1.01. The van der Waals surface area contributed by atoms with Crippen LogP contribution in [0.1, 0.15) is 22.8 Å². The van der Waals surface area contributed by atoms with E-state index in [-0.39, 0.29) is 0 Å². The Morgan fingerprint density at radius 1 is 1.47 bits per heavy atom. The molecule has 102 valence electrons. The topological polar surface area (TPSA) is 72.8 Å². The number of hydrogen-bond acceptors (Lipinski definition) is 4. The van der Waals surface area contributed by atoms with Crippen LogP contribution in [0.3, 0.4) is 0 Å². The zero-order valence-electron chi connectivity index (χ0n) is 10.3. The Morgan fingerprint density at radius 3 is 2.68 bits per heavy atom. The standard InChI is InChI=1S/C13H13BrO5/c1-7(13(16)17)4-8-5-10(14)9(6-15)12-11(8)18-2-3-19-12/h5-7H,2-4H2,1H3,(H,16,17). The molecule has 0 bridgehead atoms. The van der Waals surface area contributed by atoms with Gasteiger partial charge in [-0.15, -0.1) is 0 Å². The van der Waals surface area contributed by atoms with Crippen LogP contribution in [0.2, 0.25) is 0 Å². The fourth-order valence-corrected chi connectivity index (χ4v) is 2.49. The van der Waals surface area contributed by atoms with Crippen LogP contribution in [-0.4, -0.2) is 30.6 Å². The zero-order valence-corrected chi connectivity index (χ0v) is 11.9. The maximum absolute atomic E-state index is 11.1. The van der Waals surface area contributed by atoms with Gasteiger partial charge in [0.05, 0.1) is 11.5 Å². The van der Waals surface area contributed by atoms with Crippen molar-refractivity contribution in [3.63, 3.8) is 0 Å². The maximum Gasteiger partial charge on any atom is 0.306 e. The van der Waals surface area contributed by atoms with Crippen molar-refractivity contribution in [2.24, 2.45) is 5.92 Å². The Morgan fingerprint density at radius 2 is 2.11 bits per heavy atom. The lowest BCUT2D eigenvalue weighted by atomic mass is 9.98. The summed E-state index contributed by atoms with van der Waals surface area (Å²) in [6, 6.07) is 1.72. The number of rotatable bonds is 4. The Hall–Kier alpha value is -1.56. The average molecular weight is 329 g/mol. The molecular weight excluding hydrogens is 316 g/mol. The summed E-state index contributed by atoms with van der Waals surface area (Å²) in [5.74, 6) is -0.544. The first kappa shape index (κ1) is 13.9. The largest absolute Gasteiger partial charge is 0.486 e. The second kappa shape index (κ2) is 5.61. The predicted molar refractivity (Wildman–Crippen MR) is 71.0 cm³/mol. The van der Waals surface area contributed by atoms with E-state index < -0.39 is 11.9 Å². The Bertz CT molecular complexity index is 526. The third-order valence-electron chi connectivity index (χ3n) is 2.94. The summed E-state index contributed by atoms with van der Waals surface area (Å²) < 4.78 is 11.6. The summed E-state index contributed by atoms with van der Waals surface area (Å²) in [6.45, 7) is 2.39. The van der Waals surface area contributed by atoms with E-state index in [1.165, 1.54) is 0 Å². The summed E-state index contributed by atoms with van der Waals surface area (Å²) in [5, 5.41) is 8.98. The van der Waals surface area contributed by atoms with Gasteiger partial charge in [0.1, 0.15) is 13.2 Å². The van der Waals surface area contributed by atoms with E-state index in [1.807, 2.05) is 0 Å². The molecule has 0 amide bonds. The number of fused-ring (bicyclic) bond motifs is 1. The minimum Gasteiger partial charge on any atom is -0.486 e. The molecule has 1 aliphatic rings. The van der Waals surface area contributed by atoms with E-state index in [1.54, 1.807) is 13.0 Å². The summed E-state index contributed by atoms with van der Waals surface area (Å²) in [4.78, 5) is 22.0. The monoisotopic (exact) mass is 328 g/mol. The van der Waals surface area contributed by atoms with Crippen molar-refractivity contribution in [3.8, 4) is 11.5 Å². The van der Waals surface area contributed by atoms with Gasteiger partial charge >= 0.3 is 5.97 Å². The van der Waals surface area contributed by atoms with Gasteiger partial charge in [-0.2, -0.15) is 0 Å². The SMILES string of the molecule is CC(Cc1cc(Br)c(C=O)c2c1OCCO2)C(=O)O. The third-order valence-corrected chi connectivity index (χ3v) is 3.60. The van der Waals surface area contributed by atoms with Crippen molar-refractivity contribution >= 4 is 28.2 Å². The van der Waals surface area contributed by atoms with Gasteiger partial charge in [-0.25, -0.2) is 0 Å². The second-order valence-corrected chi connectivity index (χ2v) is 5.20. The molecule has 1 heterocycles. The van der Waals surface area contributed by atoms with E-state index in [0.717, 1.165) is 5.56 Å². The molecule has 6 heteroatoms. The van der Waals surface area contributed by atoms with Gasteiger partial charge in [-0.1, -0.05) is 6.92 Å². The molecule has 1 aromatic rings. The molecule has 0 spiro atoms. The average Bonchev–Trinajstić information content (AvgIpc) is 2.39. The van der Waals surface area contributed by atoms with Crippen LogP contribution in [-0.2, 0) is 11.2 Å². The highest BCUT2D eigenvalue weighted by atomic mass is 79.9. The van der Waals surface area contributed by atoms with E-state index in [2.05, 4.69) is 15.9 Å². The van der Waals surface area contributed by atoms with Gasteiger partial charge in [0, 0.05) is 10.0 Å². The van der Waals surface area contributed by atoms with Crippen LogP contribution in [0, 0.1) is 5.92 Å². The van der Waals surface area contributed by atoms with E-state index in [4.69, 9.17) is 14.6 Å². The van der Waals surface area contributed by atoms with Crippen LogP contribution >= 0.6 is 15.9 Å². The molecule has 0 radical (unpaired) electrons. The minimum atomic E-state index is -0.874. The molecule has 0 saturated heterocycles. The molecule has 0 aromatic heterocycles. The lowest BCUT2D eigenvalue weighted by Crippen LogP contribution is -2.20. The number of benzene rings is 1. The fraction of sp³-hybridized carbons (Fsp3) is 0.385. The summed E-state index contributed by atoms with van der Waals surface area (Å²) in [5.41, 5.74) is 1.11. The van der Waals surface area contributed by atoms with Crippen LogP contribution in [0.15, 0.2) is 10.5 Å². The fourth-order valence-electron chi connectivity index (χ4n) is 1.94. The van der Waals surface area contributed by atoms with Gasteiger partial charge in [-0.3, -0.25) is 9.59 Å². The van der Waals surface area contributed by atoms with Crippen molar-refractivity contribution in [1.82, 2.24) is 0 Å². The Labute approximate surface area is 118 Å². The van der Waals surface area contributed by atoms with E-state index in [9.17, 15) is 9.59 Å². The molecule has 1 unspecified atom stereocenters. The number of carbonyl (C=O) groups excluding carboxylic acids is 1. The van der Waals surface area contributed by atoms with Crippen LogP contribution < -0.4 is 9.47 Å². The van der Waals surface area contributed by atoms with Gasteiger partial charge < -0.3 is 14.6 Å². The third kappa shape index (κ3) is 2.73. The summed E-state index contributed by atoms with van der Waals surface area (Å²) in [7, 11) is 0. The molecule has 1 aromatic carbocycles. The smallest absolute Gasteiger partial charge is 0.306 e. The normalized spacial score (nSPS) is 14.8. The maximum atomic E-state index is 11.1.